The van der Waals surface area contributed by atoms with Gasteiger partial charge in [-0.3, -0.25) is 14.2 Å². The van der Waals surface area contributed by atoms with Crippen molar-refractivity contribution in [3.8, 4) is 0 Å². The zero-order chi connectivity index (χ0) is 23.0. The maximum absolute atomic E-state index is 13.2. The quantitative estimate of drug-likeness (QED) is 0.260. The van der Waals surface area contributed by atoms with Gasteiger partial charge in [0.1, 0.15) is 0 Å². The van der Waals surface area contributed by atoms with Gasteiger partial charge in [-0.25, -0.2) is 4.98 Å². The second-order valence-electron chi connectivity index (χ2n) is 7.98. The van der Waals surface area contributed by atoms with Crippen LogP contribution in [0.4, 0.5) is 0 Å². The molecule has 170 valence electrons. The standard InChI is InChI=1S/C26H27N3O2S2/c1-19(13-14-20-8-3-2-4-9-20)27-24(30)18-33-26-28-23-12-6-5-11-22(23)25(31)29(26)16-15-21-10-7-17-32-21/h2-12,17,19H,13-16,18H2,1H3,(H,27,30). The van der Waals surface area contributed by atoms with E-state index in [4.69, 9.17) is 4.98 Å². The van der Waals surface area contributed by atoms with Crippen molar-refractivity contribution in [2.75, 3.05) is 5.75 Å². The number of carbonyl (C=O) groups excluding carboxylic acids is 1. The zero-order valence-corrected chi connectivity index (χ0v) is 20.2. The number of aryl methyl sites for hydroxylation is 2. The Bertz CT molecular complexity index is 1250. The molecule has 1 atom stereocenters. The molecule has 0 fully saturated rings. The van der Waals surface area contributed by atoms with Crippen molar-refractivity contribution in [3.05, 3.63) is 92.9 Å². The SMILES string of the molecule is CC(CCc1ccccc1)NC(=O)CSc1nc2ccccc2c(=O)n1CCc1cccs1. The summed E-state index contributed by atoms with van der Waals surface area (Å²) in [6.07, 6.45) is 2.55. The molecule has 7 heteroatoms. The molecule has 0 saturated heterocycles. The Morgan fingerprint density at radius 2 is 1.85 bits per heavy atom. The summed E-state index contributed by atoms with van der Waals surface area (Å²) >= 11 is 3.00. The highest BCUT2D eigenvalue weighted by Crippen LogP contribution is 2.19. The molecule has 4 rings (SSSR count). The Hall–Kier alpha value is -2.90. The van der Waals surface area contributed by atoms with Gasteiger partial charge in [0.2, 0.25) is 5.91 Å². The Morgan fingerprint density at radius 3 is 2.64 bits per heavy atom. The number of benzene rings is 2. The Kier molecular flexibility index (Phi) is 7.96. The van der Waals surface area contributed by atoms with Gasteiger partial charge in [-0.05, 0) is 55.3 Å². The van der Waals surface area contributed by atoms with Gasteiger partial charge in [0.05, 0.1) is 16.7 Å². The van der Waals surface area contributed by atoms with Crippen molar-refractivity contribution in [2.45, 2.75) is 43.9 Å². The lowest BCUT2D eigenvalue weighted by atomic mass is 10.1. The van der Waals surface area contributed by atoms with Crippen LogP contribution in [0.1, 0.15) is 23.8 Å². The third-order valence-corrected chi connectivity index (χ3v) is 7.35. The first-order valence-electron chi connectivity index (χ1n) is 11.1. The van der Waals surface area contributed by atoms with E-state index in [1.54, 1.807) is 15.9 Å². The molecule has 1 N–H and O–H groups in total. The van der Waals surface area contributed by atoms with E-state index in [1.807, 2.05) is 60.8 Å². The van der Waals surface area contributed by atoms with Crippen LogP contribution in [0.5, 0.6) is 0 Å². The van der Waals surface area contributed by atoms with E-state index in [0.717, 1.165) is 19.3 Å². The lowest BCUT2D eigenvalue weighted by Crippen LogP contribution is -2.34. The van der Waals surface area contributed by atoms with Crippen molar-refractivity contribution >= 4 is 39.9 Å². The van der Waals surface area contributed by atoms with Gasteiger partial charge in [-0.1, -0.05) is 60.3 Å². The molecular weight excluding hydrogens is 450 g/mol. The lowest BCUT2D eigenvalue weighted by molar-refractivity contribution is -0.119. The maximum atomic E-state index is 13.2. The van der Waals surface area contributed by atoms with Crippen LogP contribution in [-0.4, -0.2) is 27.3 Å². The monoisotopic (exact) mass is 477 g/mol. The van der Waals surface area contributed by atoms with Gasteiger partial charge in [0.15, 0.2) is 5.16 Å². The summed E-state index contributed by atoms with van der Waals surface area (Å²) in [6, 6.07) is 21.8. The number of hydrogen-bond acceptors (Lipinski definition) is 5. The lowest BCUT2D eigenvalue weighted by Gasteiger charge is -2.15. The molecule has 0 radical (unpaired) electrons. The van der Waals surface area contributed by atoms with Crippen molar-refractivity contribution in [1.82, 2.24) is 14.9 Å². The Labute approximate surface area is 201 Å². The first-order valence-corrected chi connectivity index (χ1v) is 12.9. The average Bonchev–Trinajstić information content (AvgIpc) is 3.35. The van der Waals surface area contributed by atoms with Gasteiger partial charge in [0.25, 0.3) is 5.56 Å². The molecule has 5 nitrogen and oxygen atoms in total. The van der Waals surface area contributed by atoms with E-state index in [2.05, 4.69) is 23.5 Å². The summed E-state index contributed by atoms with van der Waals surface area (Å²) in [6.45, 7) is 2.56. The fraction of sp³-hybridized carbons (Fsp3) is 0.269. The number of hydrogen-bond donors (Lipinski definition) is 1. The van der Waals surface area contributed by atoms with Crippen LogP contribution < -0.4 is 10.9 Å². The van der Waals surface area contributed by atoms with E-state index in [9.17, 15) is 9.59 Å². The minimum Gasteiger partial charge on any atom is -0.353 e. The average molecular weight is 478 g/mol. The highest BCUT2D eigenvalue weighted by Gasteiger charge is 2.14. The fourth-order valence-electron chi connectivity index (χ4n) is 3.68. The number of rotatable bonds is 10. The number of fused-ring (bicyclic) bond motifs is 1. The van der Waals surface area contributed by atoms with Crippen LogP contribution in [0, 0.1) is 0 Å². The van der Waals surface area contributed by atoms with Gasteiger partial charge < -0.3 is 5.32 Å². The zero-order valence-electron chi connectivity index (χ0n) is 18.6. The first kappa shape index (κ1) is 23.3. The number of thioether (sulfide) groups is 1. The van der Waals surface area contributed by atoms with Gasteiger partial charge >= 0.3 is 0 Å². The van der Waals surface area contributed by atoms with Gasteiger partial charge in [-0.15, -0.1) is 11.3 Å². The van der Waals surface area contributed by atoms with Crippen LogP contribution in [0.25, 0.3) is 10.9 Å². The predicted octanol–water partition coefficient (Wildman–Crippen LogP) is 4.93. The normalized spacial score (nSPS) is 12.0. The largest absolute Gasteiger partial charge is 0.353 e. The number of carbonyl (C=O) groups is 1. The number of thiophene rings is 1. The van der Waals surface area contributed by atoms with Crippen LogP contribution in [0.15, 0.2) is 82.1 Å². The van der Waals surface area contributed by atoms with E-state index in [0.29, 0.717) is 22.6 Å². The van der Waals surface area contributed by atoms with Gasteiger partial charge in [-0.2, -0.15) is 0 Å². The van der Waals surface area contributed by atoms with E-state index in [-0.39, 0.29) is 23.3 Å². The highest BCUT2D eigenvalue weighted by atomic mass is 32.2. The van der Waals surface area contributed by atoms with Crippen LogP contribution in [0.3, 0.4) is 0 Å². The molecular formula is C26H27N3O2S2. The summed E-state index contributed by atoms with van der Waals surface area (Å²) in [7, 11) is 0. The highest BCUT2D eigenvalue weighted by molar-refractivity contribution is 7.99. The molecule has 1 amide bonds. The van der Waals surface area contributed by atoms with E-state index >= 15 is 0 Å². The molecule has 0 spiro atoms. The smallest absolute Gasteiger partial charge is 0.262 e. The minimum atomic E-state index is -0.0590. The van der Waals surface area contributed by atoms with Crippen molar-refractivity contribution < 1.29 is 4.79 Å². The minimum absolute atomic E-state index is 0.0484. The van der Waals surface area contributed by atoms with Crippen LogP contribution in [-0.2, 0) is 24.2 Å². The number of aromatic nitrogens is 2. The first-order chi connectivity index (χ1) is 16.1. The predicted molar refractivity (Wildman–Crippen MR) is 137 cm³/mol. The van der Waals surface area contributed by atoms with Gasteiger partial charge in [0, 0.05) is 17.5 Å². The second-order valence-corrected chi connectivity index (χ2v) is 9.95. The number of nitrogens with zero attached hydrogens (tertiary/aromatic N) is 2. The number of nitrogens with one attached hydrogen (secondary N) is 1. The summed E-state index contributed by atoms with van der Waals surface area (Å²) in [5, 5.41) is 6.30. The third kappa shape index (κ3) is 6.33. The van der Waals surface area contributed by atoms with Crippen molar-refractivity contribution in [1.29, 1.82) is 0 Å². The molecule has 4 aromatic rings. The summed E-state index contributed by atoms with van der Waals surface area (Å²) < 4.78 is 1.71. The van der Waals surface area contributed by atoms with Crippen molar-refractivity contribution in [3.63, 3.8) is 0 Å². The third-order valence-electron chi connectivity index (χ3n) is 5.44. The summed E-state index contributed by atoms with van der Waals surface area (Å²) in [5.41, 5.74) is 1.87. The number of amides is 1. The molecule has 2 aromatic heterocycles. The molecule has 0 aliphatic heterocycles. The van der Waals surface area contributed by atoms with Crippen molar-refractivity contribution in [2.24, 2.45) is 0 Å². The molecule has 33 heavy (non-hydrogen) atoms. The second kappa shape index (κ2) is 11.3. The summed E-state index contributed by atoms with van der Waals surface area (Å²) in [5.74, 6) is 0.173. The molecule has 2 aromatic carbocycles. The molecule has 0 aliphatic carbocycles. The molecule has 1 unspecified atom stereocenters. The fourth-order valence-corrected chi connectivity index (χ4v) is 5.21. The summed E-state index contributed by atoms with van der Waals surface area (Å²) in [4.78, 5) is 31.7. The van der Waals surface area contributed by atoms with Crippen LogP contribution >= 0.6 is 23.1 Å². The van der Waals surface area contributed by atoms with E-state index < -0.39 is 0 Å². The topological polar surface area (TPSA) is 64.0 Å². The maximum Gasteiger partial charge on any atom is 0.262 e. The Balaban J connectivity index is 1.41. The molecule has 0 saturated carbocycles. The molecule has 0 bridgehead atoms. The van der Waals surface area contributed by atoms with E-state index in [1.165, 1.54) is 22.2 Å². The molecule has 0 aliphatic rings. The van der Waals surface area contributed by atoms with Crippen LogP contribution in [0.2, 0.25) is 0 Å². The molecule has 2 heterocycles. The number of para-hydroxylation sites is 1. The Morgan fingerprint density at radius 1 is 1.06 bits per heavy atom.